The minimum absolute atomic E-state index is 0.0863. The van der Waals surface area contributed by atoms with E-state index in [4.69, 9.17) is 26.4 Å². The third kappa shape index (κ3) is 3.14. The van der Waals surface area contributed by atoms with Crippen LogP contribution in [0, 0.1) is 4.77 Å². The molecule has 9 heteroatoms. The number of nitrogens with zero attached hydrogens (tertiary/aromatic N) is 3. The van der Waals surface area contributed by atoms with Gasteiger partial charge in [-0.1, -0.05) is 0 Å². The number of methoxy groups -OCH3 is 3. The number of benzene rings is 1. The van der Waals surface area contributed by atoms with Gasteiger partial charge in [-0.2, -0.15) is 14.9 Å². The molecule has 0 spiro atoms. The third-order valence-corrected chi connectivity index (χ3v) is 3.05. The van der Waals surface area contributed by atoms with E-state index in [9.17, 15) is 4.79 Å². The van der Waals surface area contributed by atoms with E-state index in [1.807, 2.05) is 0 Å². The van der Waals surface area contributed by atoms with Gasteiger partial charge in [0.05, 0.1) is 27.5 Å². The van der Waals surface area contributed by atoms with Crippen molar-refractivity contribution in [3.63, 3.8) is 0 Å². The first-order valence-corrected chi connectivity index (χ1v) is 6.52. The van der Waals surface area contributed by atoms with Crippen molar-refractivity contribution in [2.24, 2.45) is 5.10 Å². The molecule has 0 aliphatic carbocycles. The van der Waals surface area contributed by atoms with Crippen LogP contribution in [0.5, 0.6) is 17.2 Å². The summed E-state index contributed by atoms with van der Waals surface area (Å²) in [4.78, 5) is 11.7. The molecule has 8 nitrogen and oxygen atoms in total. The van der Waals surface area contributed by atoms with Gasteiger partial charge in [0, 0.05) is 11.6 Å². The van der Waals surface area contributed by atoms with Gasteiger partial charge in [-0.15, -0.1) is 0 Å². The van der Waals surface area contributed by atoms with Crippen LogP contribution in [-0.2, 0) is 0 Å². The number of aromatic amines is 1. The lowest BCUT2D eigenvalue weighted by Gasteiger charge is -2.11. The molecule has 0 saturated heterocycles. The highest BCUT2D eigenvalue weighted by atomic mass is 32.1. The number of H-pyrrole nitrogens is 1. The lowest BCUT2D eigenvalue weighted by molar-refractivity contribution is 0.349. The van der Waals surface area contributed by atoms with Crippen LogP contribution in [0.25, 0.3) is 0 Å². The fourth-order valence-corrected chi connectivity index (χ4v) is 1.92. The molecule has 22 heavy (non-hydrogen) atoms. The summed E-state index contributed by atoms with van der Waals surface area (Å²) in [5, 5.41) is 10.1. The molecule has 0 aliphatic rings. The maximum Gasteiger partial charge on any atom is 0.293 e. The molecule has 0 aliphatic heterocycles. The van der Waals surface area contributed by atoms with Crippen molar-refractivity contribution in [2.45, 2.75) is 0 Å². The Labute approximate surface area is 131 Å². The van der Waals surface area contributed by atoms with Gasteiger partial charge in [0.15, 0.2) is 11.5 Å². The summed E-state index contributed by atoms with van der Waals surface area (Å²) < 4.78 is 16.8. The summed E-state index contributed by atoms with van der Waals surface area (Å²) in [7, 11) is 4.57. The molecular formula is C13H14N4O4S. The van der Waals surface area contributed by atoms with Crippen LogP contribution < -0.4 is 19.8 Å². The molecule has 1 aromatic carbocycles. The first-order chi connectivity index (χ1) is 10.6. The number of hydrogen-bond acceptors (Lipinski definition) is 7. The molecule has 0 unspecified atom stereocenters. The fourth-order valence-electron chi connectivity index (χ4n) is 1.73. The monoisotopic (exact) mass is 322 g/mol. The molecule has 1 heterocycles. The van der Waals surface area contributed by atoms with Gasteiger partial charge in [0.2, 0.25) is 4.77 Å². The average molecular weight is 322 g/mol. The van der Waals surface area contributed by atoms with E-state index in [0.29, 0.717) is 22.8 Å². The molecule has 0 atom stereocenters. The quantitative estimate of drug-likeness (QED) is 0.657. The van der Waals surface area contributed by atoms with E-state index in [1.165, 1.54) is 27.5 Å². The van der Waals surface area contributed by atoms with Crippen LogP contribution in [0.15, 0.2) is 28.2 Å². The van der Waals surface area contributed by atoms with Crippen molar-refractivity contribution in [1.82, 2.24) is 14.9 Å². The van der Waals surface area contributed by atoms with E-state index in [2.05, 4.69) is 15.3 Å². The Morgan fingerprint density at radius 2 is 1.82 bits per heavy atom. The zero-order valence-electron chi connectivity index (χ0n) is 12.2. The SMILES string of the molecule is COc1cc(OC)c(OC)cc1/C=N\n1c(=O)cn[nH]c1=S. The number of hydrogen-bond donors (Lipinski definition) is 1. The Morgan fingerprint density at radius 3 is 2.41 bits per heavy atom. The molecule has 0 saturated carbocycles. The van der Waals surface area contributed by atoms with Crippen LogP contribution in [0.1, 0.15) is 5.56 Å². The molecule has 1 N–H and O–H groups in total. The highest BCUT2D eigenvalue weighted by Gasteiger charge is 2.10. The molecule has 0 fully saturated rings. The van der Waals surface area contributed by atoms with Gasteiger partial charge in [0.25, 0.3) is 5.56 Å². The number of rotatable bonds is 5. The van der Waals surface area contributed by atoms with Gasteiger partial charge >= 0.3 is 0 Å². The average Bonchev–Trinajstić information content (AvgIpc) is 2.53. The molecule has 116 valence electrons. The first kappa shape index (κ1) is 15.7. The summed E-state index contributed by atoms with van der Waals surface area (Å²) in [5.41, 5.74) is 0.151. The Morgan fingerprint density at radius 1 is 1.18 bits per heavy atom. The van der Waals surface area contributed by atoms with Crippen molar-refractivity contribution < 1.29 is 14.2 Å². The van der Waals surface area contributed by atoms with E-state index >= 15 is 0 Å². The second-order valence-corrected chi connectivity index (χ2v) is 4.41. The number of nitrogens with one attached hydrogen (secondary N) is 1. The summed E-state index contributed by atoms with van der Waals surface area (Å²) in [6.07, 6.45) is 2.52. The maximum absolute atomic E-state index is 11.7. The summed E-state index contributed by atoms with van der Waals surface area (Å²) in [5.74, 6) is 1.55. The van der Waals surface area contributed by atoms with Gasteiger partial charge in [-0.3, -0.25) is 9.89 Å². The van der Waals surface area contributed by atoms with E-state index in [1.54, 1.807) is 12.1 Å². The van der Waals surface area contributed by atoms with Crippen molar-refractivity contribution in [3.05, 3.63) is 39.0 Å². The topological polar surface area (TPSA) is 90.7 Å². The second-order valence-electron chi connectivity index (χ2n) is 4.02. The zero-order chi connectivity index (χ0) is 16.1. The van der Waals surface area contributed by atoms with Crippen molar-refractivity contribution >= 4 is 18.4 Å². The standard InChI is InChI=1S/C13H14N4O4S/c1-19-9-5-11(21-3)10(20-2)4-8(9)6-15-17-12(18)7-14-16-13(17)22/h4-7H,1-3H3,(H,16,22)/b15-6-. The third-order valence-electron chi connectivity index (χ3n) is 2.78. The van der Waals surface area contributed by atoms with Crippen molar-refractivity contribution in [3.8, 4) is 17.2 Å². The molecule has 0 radical (unpaired) electrons. The highest BCUT2D eigenvalue weighted by molar-refractivity contribution is 7.71. The van der Waals surface area contributed by atoms with E-state index < -0.39 is 5.56 Å². The Bertz CT molecular complexity index is 784. The van der Waals surface area contributed by atoms with Crippen LogP contribution in [-0.4, -0.2) is 42.4 Å². The fraction of sp³-hybridized carbons (Fsp3) is 0.231. The molecule has 1 aromatic heterocycles. The normalized spacial score (nSPS) is 10.7. The van der Waals surface area contributed by atoms with E-state index in [0.717, 1.165) is 10.9 Å². The minimum atomic E-state index is -0.445. The van der Waals surface area contributed by atoms with Gasteiger partial charge in [-0.05, 0) is 18.3 Å². The summed E-state index contributed by atoms with van der Waals surface area (Å²) in [6, 6.07) is 3.34. The van der Waals surface area contributed by atoms with Crippen molar-refractivity contribution in [1.29, 1.82) is 0 Å². The largest absolute Gasteiger partial charge is 0.496 e. The molecule has 0 bridgehead atoms. The smallest absolute Gasteiger partial charge is 0.293 e. The lowest BCUT2D eigenvalue weighted by Crippen LogP contribution is -2.18. The predicted molar refractivity (Wildman–Crippen MR) is 82.8 cm³/mol. The van der Waals surface area contributed by atoms with Crippen LogP contribution in [0.3, 0.4) is 0 Å². The zero-order valence-corrected chi connectivity index (χ0v) is 13.0. The molecule has 2 rings (SSSR count). The van der Waals surface area contributed by atoms with Gasteiger partial charge in [-0.25, -0.2) is 0 Å². The summed E-state index contributed by atoms with van der Waals surface area (Å²) in [6.45, 7) is 0. The molecule has 0 amide bonds. The predicted octanol–water partition coefficient (Wildman–Crippen LogP) is 1.21. The molecular weight excluding hydrogens is 308 g/mol. The van der Waals surface area contributed by atoms with Crippen LogP contribution >= 0.6 is 12.2 Å². The Kier molecular flexibility index (Phi) is 4.89. The van der Waals surface area contributed by atoms with E-state index in [-0.39, 0.29) is 4.77 Å². The van der Waals surface area contributed by atoms with Crippen LogP contribution in [0.4, 0.5) is 0 Å². The first-order valence-electron chi connectivity index (χ1n) is 6.11. The Hall–Kier alpha value is -2.68. The summed E-state index contributed by atoms with van der Waals surface area (Å²) >= 11 is 4.96. The lowest BCUT2D eigenvalue weighted by atomic mass is 10.2. The molecule has 2 aromatic rings. The van der Waals surface area contributed by atoms with Crippen LogP contribution in [0.2, 0.25) is 0 Å². The number of aromatic nitrogens is 3. The maximum atomic E-state index is 11.7. The Balaban J connectivity index is 2.51. The van der Waals surface area contributed by atoms with Crippen molar-refractivity contribution in [2.75, 3.05) is 21.3 Å². The minimum Gasteiger partial charge on any atom is -0.496 e. The highest BCUT2D eigenvalue weighted by Crippen LogP contribution is 2.33. The van der Waals surface area contributed by atoms with Gasteiger partial charge in [0.1, 0.15) is 11.9 Å². The second kappa shape index (κ2) is 6.85. The number of ether oxygens (including phenoxy) is 3. The van der Waals surface area contributed by atoms with Gasteiger partial charge < -0.3 is 14.2 Å².